The fourth-order valence-corrected chi connectivity index (χ4v) is 3.79. The molecule has 1 unspecified atom stereocenters. The molecule has 1 aromatic heterocycles. The van der Waals surface area contributed by atoms with E-state index in [4.69, 9.17) is 0 Å². The number of hydrogen-bond donors (Lipinski definition) is 1. The van der Waals surface area contributed by atoms with Gasteiger partial charge in [0.2, 0.25) is 0 Å². The molecule has 1 N–H and O–H groups in total. The average Bonchev–Trinajstić information content (AvgIpc) is 3.45. The van der Waals surface area contributed by atoms with E-state index in [1.165, 1.54) is 24.4 Å². The molecule has 0 saturated heterocycles. The topological polar surface area (TPSA) is 75.2 Å². The Morgan fingerprint density at radius 1 is 1.20 bits per heavy atom. The van der Waals surface area contributed by atoms with Crippen molar-refractivity contribution in [3.05, 3.63) is 68.0 Å². The number of aromatic amines is 1. The number of rotatable bonds is 3. The van der Waals surface area contributed by atoms with Crippen LogP contribution in [0.2, 0.25) is 0 Å². The summed E-state index contributed by atoms with van der Waals surface area (Å²) >= 11 is 0. The lowest BCUT2D eigenvalue weighted by molar-refractivity contribution is 0.0634. The molecule has 2 aliphatic rings. The number of benzene rings is 1. The number of nitrogens with zero attached hydrogens (tertiary/aromatic N) is 2. The van der Waals surface area contributed by atoms with Crippen molar-refractivity contribution in [2.24, 2.45) is 7.05 Å². The van der Waals surface area contributed by atoms with E-state index < -0.39 is 11.2 Å². The van der Waals surface area contributed by atoms with Crippen molar-refractivity contribution >= 4 is 5.91 Å². The standard InChI is InChI=1S/C19H21N3O3/c1-21-17(23)15(11-20-19(21)25)18(24)22(13-9-10-13)16-8-4-6-12-5-2-3-7-14(12)16/h2-3,5,7,11,13,16H,4,6,8-10H2,1H3,(H,20,25). The Kier molecular flexibility index (Phi) is 3.82. The number of aryl methyl sites for hydroxylation is 1. The van der Waals surface area contributed by atoms with Crippen LogP contribution in [0, 0.1) is 0 Å². The van der Waals surface area contributed by atoms with E-state index in [-0.39, 0.29) is 23.6 Å². The second-order valence-corrected chi connectivity index (χ2v) is 6.92. The summed E-state index contributed by atoms with van der Waals surface area (Å²) in [6.45, 7) is 0. The van der Waals surface area contributed by atoms with Crippen LogP contribution in [0.25, 0.3) is 0 Å². The molecule has 1 heterocycles. The van der Waals surface area contributed by atoms with E-state index in [9.17, 15) is 14.4 Å². The predicted molar refractivity (Wildman–Crippen MR) is 93.6 cm³/mol. The fourth-order valence-electron chi connectivity index (χ4n) is 3.79. The largest absolute Gasteiger partial charge is 0.328 e. The number of aromatic nitrogens is 2. The first-order chi connectivity index (χ1) is 12.1. The Bertz CT molecular complexity index is 939. The van der Waals surface area contributed by atoms with Gasteiger partial charge in [-0.05, 0) is 43.2 Å². The van der Waals surface area contributed by atoms with Crippen molar-refractivity contribution < 1.29 is 4.79 Å². The smallest absolute Gasteiger partial charge is 0.328 e. The Morgan fingerprint density at radius 3 is 2.72 bits per heavy atom. The number of carbonyl (C=O) groups is 1. The molecule has 2 aromatic rings. The third-order valence-corrected chi connectivity index (χ3v) is 5.26. The van der Waals surface area contributed by atoms with Crippen LogP contribution in [0.5, 0.6) is 0 Å². The van der Waals surface area contributed by atoms with Crippen LogP contribution in [-0.2, 0) is 13.5 Å². The zero-order valence-corrected chi connectivity index (χ0v) is 14.2. The summed E-state index contributed by atoms with van der Waals surface area (Å²) in [5.74, 6) is -0.277. The van der Waals surface area contributed by atoms with Gasteiger partial charge in [-0.3, -0.25) is 14.2 Å². The third-order valence-electron chi connectivity index (χ3n) is 5.26. The minimum absolute atomic E-state index is 0.00147. The van der Waals surface area contributed by atoms with Crippen LogP contribution in [0.1, 0.15) is 53.2 Å². The highest BCUT2D eigenvalue weighted by Gasteiger charge is 2.40. The fraction of sp³-hybridized carbons (Fsp3) is 0.421. The molecule has 1 amide bonds. The van der Waals surface area contributed by atoms with Crippen molar-refractivity contribution in [2.75, 3.05) is 0 Å². The van der Waals surface area contributed by atoms with Crippen LogP contribution < -0.4 is 11.2 Å². The van der Waals surface area contributed by atoms with Gasteiger partial charge in [-0.1, -0.05) is 24.3 Å². The quantitative estimate of drug-likeness (QED) is 0.926. The van der Waals surface area contributed by atoms with E-state index in [0.717, 1.165) is 36.7 Å². The molecule has 0 bridgehead atoms. The number of amides is 1. The summed E-state index contributed by atoms with van der Waals surface area (Å²) in [5.41, 5.74) is 1.46. The van der Waals surface area contributed by atoms with E-state index in [0.29, 0.717) is 0 Å². The number of fused-ring (bicyclic) bond motifs is 1. The first-order valence-electron chi connectivity index (χ1n) is 8.77. The van der Waals surface area contributed by atoms with Gasteiger partial charge in [0.25, 0.3) is 11.5 Å². The highest BCUT2D eigenvalue weighted by atomic mass is 16.2. The van der Waals surface area contributed by atoms with Crippen molar-refractivity contribution in [3.63, 3.8) is 0 Å². The summed E-state index contributed by atoms with van der Waals surface area (Å²) in [6, 6.07) is 8.43. The average molecular weight is 339 g/mol. The van der Waals surface area contributed by atoms with Gasteiger partial charge in [0.05, 0.1) is 6.04 Å². The Balaban J connectivity index is 1.77. The lowest BCUT2D eigenvalue weighted by Gasteiger charge is -2.36. The molecule has 1 atom stereocenters. The van der Waals surface area contributed by atoms with Crippen LogP contribution in [0.15, 0.2) is 40.1 Å². The summed E-state index contributed by atoms with van der Waals surface area (Å²) in [5, 5.41) is 0. The molecule has 130 valence electrons. The van der Waals surface area contributed by atoms with Gasteiger partial charge < -0.3 is 9.88 Å². The number of carbonyl (C=O) groups excluding carboxylic acids is 1. The van der Waals surface area contributed by atoms with Crippen LogP contribution >= 0.6 is 0 Å². The molecule has 4 rings (SSSR count). The first kappa shape index (κ1) is 15.9. The summed E-state index contributed by atoms with van der Waals surface area (Å²) in [6.07, 6.45) is 6.16. The minimum Gasteiger partial charge on any atom is -0.328 e. The zero-order chi connectivity index (χ0) is 17.6. The lowest BCUT2D eigenvalue weighted by Crippen LogP contribution is -2.43. The van der Waals surface area contributed by atoms with Gasteiger partial charge in [0.15, 0.2) is 0 Å². The molecule has 0 spiro atoms. The second-order valence-electron chi connectivity index (χ2n) is 6.92. The first-order valence-corrected chi connectivity index (χ1v) is 8.77. The Hall–Kier alpha value is -2.63. The van der Waals surface area contributed by atoms with E-state index in [1.807, 2.05) is 17.0 Å². The molecule has 6 nitrogen and oxygen atoms in total. The Morgan fingerprint density at radius 2 is 1.96 bits per heavy atom. The molecule has 0 aliphatic heterocycles. The molecule has 0 radical (unpaired) electrons. The highest BCUT2D eigenvalue weighted by molar-refractivity contribution is 5.94. The lowest BCUT2D eigenvalue weighted by atomic mass is 9.86. The zero-order valence-electron chi connectivity index (χ0n) is 14.2. The van der Waals surface area contributed by atoms with Gasteiger partial charge in [-0.15, -0.1) is 0 Å². The van der Waals surface area contributed by atoms with E-state index >= 15 is 0 Å². The third kappa shape index (κ3) is 2.71. The number of nitrogens with one attached hydrogen (secondary N) is 1. The van der Waals surface area contributed by atoms with Gasteiger partial charge >= 0.3 is 5.69 Å². The van der Waals surface area contributed by atoms with Gasteiger partial charge in [0.1, 0.15) is 5.56 Å². The number of hydrogen-bond acceptors (Lipinski definition) is 3. The second kappa shape index (κ2) is 6.02. The summed E-state index contributed by atoms with van der Waals surface area (Å²) in [4.78, 5) is 41.6. The van der Waals surface area contributed by atoms with Crippen molar-refractivity contribution in [2.45, 2.75) is 44.2 Å². The van der Waals surface area contributed by atoms with Gasteiger partial charge in [-0.25, -0.2) is 4.79 Å². The summed E-state index contributed by atoms with van der Waals surface area (Å²) in [7, 11) is 1.38. The van der Waals surface area contributed by atoms with E-state index in [2.05, 4.69) is 17.1 Å². The van der Waals surface area contributed by atoms with Crippen LogP contribution in [0.3, 0.4) is 0 Å². The molecule has 1 fully saturated rings. The van der Waals surface area contributed by atoms with Crippen molar-refractivity contribution in [1.29, 1.82) is 0 Å². The molecule has 1 aromatic carbocycles. The van der Waals surface area contributed by atoms with Crippen molar-refractivity contribution in [3.8, 4) is 0 Å². The minimum atomic E-state index is -0.538. The molecule has 6 heteroatoms. The molecular formula is C19H21N3O3. The predicted octanol–water partition coefficient (Wildman–Crippen LogP) is 1.76. The van der Waals surface area contributed by atoms with Crippen LogP contribution in [-0.4, -0.2) is 26.4 Å². The molecular weight excluding hydrogens is 318 g/mol. The van der Waals surface area contributed by atoms with Gasteiger partial charge in [-0.2, -0.15) is 0 Å². The highest BCUT2D eigenvalue weighted by Crippen LogP contribution is 2.41. The normalized spacial score (nSPS) is 19.3. The maximum absolute atomic E-state index is 13.2. The maximum Gasteiger partial charge on any atom is 0.328 e. The monoisotopic (exact) mass is 339 g/mol. The van der Waals surface area contributed by atoms with Gasteiger partial charge in [0, 0.05) is 19.3 Å². The molecule has 25 heavy (non-hydrogen) atoms. The molecule has 1 saturated carbocycles. The van der Waals surface area contributed by atoms with Crippen LogP contribution in [0.4, 0.5) is 0 Å². The maximum atomic E-state index is 13.2. The SMILES string of the molecule is Cn1c(=O)[nH]cc(C(=O)N(C2CC2)C2CCCc3ccccc32)c1=O. The van der Waals surface area contributed by atoms with Crippen molar-refractivity contribution in [1.82, 2.24) is 14.5 Å². The summed E-state index contributed by atoms with van der Waals surface area (Å²) < 4.78 is 0.952. The molecule has 2 aliphatic carbocycles. The Labute approximate surface area is 145 Å². The van der Waals surface area contributed by atoms with E-state index in [1.54, 1.807) is 0 Å². The number of H-pyrrole nitrogens is 1.